The minimum absolute atomic E-state index is 0.0905. The van der Waals surface area contributed by atoms with Crippen LogP contribution in [0.25, 0.3) is 11.0 Å². The lowest BCUT2D eigenvalue weighted by atomic mass is 10.00. The first-order chi connectivity index (χ1) is 12.9. The number of ether oxygens (including phenoxy) is 1. The molecule has 1 aliphatic heterocycles. The molecule has 7 heteroatoms. The van der Waals surface area contributed by atoms with Crippen molar-refractivity contribution in [1.82, 2.24) is 20.1 Å². The van der Waals surface area contributed by atoms with E-state index in [9.17, 15) is 4.79 Å². The number of nitrogens with one attached hydrogen (secondary N) is 1. The zero-order chi connectivity index (χ0) is 19.1. The Balaban J connectivity index is 1.65. The third-order valence-corrected chi connectivity index (χ3v) is 5.30. The highest BCUT2D eigenvalue weighted by Crippen LogP contribution is 2.34. The van der Waals surface area contributed by atoms with Crippen LogP contribution in [-0.4, -0.2) is 27.3 Å². The standard InChI is InChI=1S/C20H21BrN4O2/c1-11(2)25-19-13(10-22-25)8-15(12(3)23-19)20(26)24-17-6-7-27-18-5-4-14(21)9-16(17)18/h4-5,8-11,17H,6-7H2,1-3H3,(H,24,26). The molecule has 0 saturated heterocycles. The first-order valence-electron chi connectivity index (χ1n) is 9.02. The van der Waals surface area contributed by atoms with Gasteiger partial charge in [-0.2, -0.15) is 5.10 Å². The summed E-state index contributed by atoms with van der Waals surface area (Å²) in [5.74, 6) is 0.690. The topological polar surface area (TPSA) is 69.0 Å². The molecule has 6 nitrogen and oxygen atoms in total. The molecule has 0 fully saturated rings. The van der Waals surface area contributed by atoms with Gasteiger partial charge in [-0.15, -0.1) is 0 Å². The lowest BCUT2D eigenvalue weighted by Crippen LogP contribution is -2.32. The maximum Gasteiger partial charge on any atom is 0.253 e. The zero-order valence-corrected chi connectivity index (χ0v) is 17.1. The van der Waals surface area contributed by atoms with Crippen LogP contribution in [0.3, 0.4) is 0 Å². The van der Waals surface area contributed by atoms with Gasteiger partial charge < -0.3 is 10.1 Å². The van der Waals surface area contributed by atoms with E-state index in [1.54, 1.807) is 6.20 Å². The van der Waals surface area contributed by atoms with Crippen LogP contribution >= 0.6 is 15.9 Å². The summed E-state index contributed by atoms with van der Waals surface area (Å²) in [6.45, 7) is 6.56. The lowest BCUT2D eigenvalue weighted by Gasteiger charge is -2.27. The van der Waals surface area contributed by atoms with E-state index >= 15 is 0 Å². The normalized spacial score (nSPS) is 16.3. The number of hydrogen-bond donors (Lipinski definition) is 1. The number of nitrogens with zero attached hydrogens (tertiary/aromatic N) is 3. The highest BCUT2D eigenvalue weighted by Gasteiger charge is 2.25. The smallest absolute Gasteiger partial charge is 0.253 e. The van der Waals surface area contributed by atoms with Crippen molar-refractivity contribution in [3.8, 4) is 5.75 Å². The molecule has 27 heavy (non-hydrogen) atoms. The minimum Gasteiger partial charge on any atom is -0.493 e. The van der Waals surface area contributed by atoms with Gasteiger partial charge in [-0.25, -0.2) is 9.67 Å². The number of carbonyl (C=O) groups excluding carboxylic acids is 1. The van der Waals surface area contributed by atoms with E-state index in [2.05, 4.69) is 45.2 Å². The number of aromatic nitrogens is 3. The van der Waals surface area contributed by atoms with Gasteiger partial charge in [0.2, 0.25) is 0 Å². The molecule has 1 amide bonds. The molecular weight excluding hydrogens is 408 g/mol. The predicted octanol–water partition coefficient (Wildman–Crippen LogP) is 4.34. The molecular formula is C20H21BrN4O2. The number of halogens is 1. The van der Waals surface area contributed by atoms with E-state index in [0.717, 1.165) is 33.2 Å². The van der Waals surface area contributed by atoms with Gasteiger partial charge in [-0.3, -0.25) is 4.79 Å². The average Bonchev–Trinajstić information content (AvgIpc) is 3.04. The number of pyridine rings is 1. The highest BCUT2D eigenvalue weighted by molar-refractivity contribution is 9.10. The molecule has 1 atom stereocenters. The summed E-state index contributed by atoms with van der Waals surface area (Å²) in [4.78, 5) is 17.6. The molecule has 1 N–H and O–H groups in total. The first-order valence-corrected chi connectivity index (χ1v) is 9.81. The molecule has 2 aromatic heterocycles. The fourth-order valence-corrected chi connectivity index (χ4v) is 3.80. The van der Waals surface area contributed by atoms with Crippen molar-refractivity contribution in [1.29, 1.82) is 0 Å². The summed E-state index contributed by atoms with van der Waals surface area (Å²) in [5.41, 5.74) is 3.07. The number of aryl methyl sites for hydroxylation is 1. The van der Waals surface area contributed by atoms with Crippen LogP contribution in [0.4, 0.5) is 0 Å². The van der Waals surface area contributed by atoms with Gasteiger partial charge >= 0.3 is 0 Å². The second-order valence-corrected chi connectivity index (χ2v) is 7.98. The van der Waals surface area contributed by atoms with Gasteiger partial charge in [0.1, 0.15) is 5.75 Å². The zero-order valence-electron chi connectivity index (χ0n) is 15.5. The summed E-state index contributed by atoms with van der Waals surface area (Å²) < 4.78 is 8.54. The Bertz CT molecular complexity index is 1030. The molecule has 0 bridgehead atoms. The Hall–Kier alpha value is -2.41. The number of rotatable bonds is 3. The van der Waals surface area contributed by atoms with Crippen LogP contribution in [-0.2, 0) is 0 Å². The van der Waals surface area contributed by atoms with Crippen LogP contribution in [0.2, 0.25) is 0 Å². The van der Waals surface area contributed by atoms with Crippen molar-refractivity contribution in [3.63, 3.8) is 0 Å². The molecule has 3 heterocycles. The van der Waals surface area contributed by atoms with Gasteiger partial charge in [0.25, 0.3) is 5.91 Å². The summed E-state index contributed by atoms with van der Waals surface area (Å²) in [5, 5.41) is 8.41. The van der Waals surface area contributed by atoms with E-state index in [1.807, 2.05) is 35.9 Å². The number of carbonyl (C=O) groups is 1. The van der Waals surface area contributed by atoms with Crippen molar-refractivity contribution in [2.75, 3.05) is 6.61 Å². The van der Waals surface area contributed by atoms with Crippen molar-refractivity contribution >= 4 is 32.9 Å². The van der Waals surface area contributed by atoms with Gasteiger partial charge in [0, 0.05) is 27.9 Å². The predicted molar refractivity (Wildman–Crippen MR) is 107 cm³/mol. The molecule has 3 aromatic rings. The Morgan fingerprint density at radius 2 is 2.19 bits per heavy atom. The monoisotopic (exact) mass is 428 g/mol. The summed E-state index contributed by atoms with van der Waals surface area (Å²) in [6.07, 6.45) is 2.49. The van der Waals surface area contributed by atoms with Crippen molar-refractivity contribution < 1.29 is 9.53 Å². The molecule has 1 unspecified atom stereocenters. The number of benzene rings is 1. The Labute approximate surface area is 166 Å². The maximum atomic E-state index is 13.0. The lowest BCUT2D eigenvalue weighted by molar-refractivity contribution is 0.0924. The van der Waals surface area contributed by atoms with E-state index in [4.69, 9.17) is 4.74 Å². The SMILES string of the molecule is Cc1nc2c(cnn2C(C)C)cc1C(=O)NC1CCOc2ccc(Br)cc21. The molecule has 0 aliphatic carbocycles. The third-order valence-electron chi connectivity index (χ3n) is 4.81. The molecule has 1 aliphatic rings. The quantitative estimate of drug-likeness (QED) is 0.673. The van der Waals surface area contributed by atoms with Gasteiger partial charge in [0.05, 0.1) is 30.1 Å². The Kier molecular flexibility index (Phi) is 4.63. The average molecular weight is 429 g/mol. The number of amides is 1. The first kappa shape index (κ1) is 18.0. The number of hydrogen-bond acceptors (Lipinski definition) is 4. The second kappa shape index (κ2) is 6.96. The van der Waals surface area contributed by atoms with Crippen molar-refractivity contribution in [2.45, 2.75) is 39.3 Å². The molecule has 4 rings (SSSR count). The van der Waals surface area contributed by atoms with Crippen LogP contribution in [0.5, 0.6) is 5.75 Å². The van der Waals surface area contributed by atoms with Crippen molar-refractivity contribution in [2.24, 2.45) is 0 Å². The van der Waals surface area contributed by atoms with E-state index in [1.165, 1.54) is 0 Å². The minimum atomic E-state index is -0.128. The maximum absolute atomic E-state index is 13.0. The van der Waals surface area contributed by atoms with Crippen LogP contribution < -0.4 is 10.1 Å². The summed E-state index contributed by atoms with van der Waals surface area (Å²) in [6, 6.07) is 7.87. The molecule has 0 radical (unpaired) electrons. The third kappa shape index (κ3) is 3.32. The summed E-state index contributed by atoms with van der Waals surface area (Å²) >= 11 is 3.49. The molecule has 0 saturated carbocycles. The fourth-order valence-electron chi connectivity index (χ4n) is 3.42. The fraction of sp³-hybridized carbons (Fsp3) is 0.350. The number of fused-ring (bicyclic) bond motifs is 2. The van der Waals surface area contributed by atoms with Crippen LogP contribution in [0.1, 0.15) is 54.0 Å². The summed E-state index contributed by atoms with van der Waals surface area (Å²) in [7, 11) is 0. The van der Waals surface area contributed by atoms with Crippen LogP contribution in [0, 0.1) is 6.92 Å². The van der Waals surface area contributed by atoms with Crippen LogP contribution in [0.15, 0.2) is 34.9 Å². The van der Waals surface area contributed by atoms with Gasteiger partial charge in [0.15, 0.2) is 5.65 Å². The van der Waals surface area contributed by atoms with Gasteiger partial charge in [-0.05, 0) is 45.0 Å². The van der Waals surface area contributed by atoms with Gasteiger partial charge in [-0.1, -0.05) is 15.9 Å². The van der Waals surface area contributed by atoms with E-state index in [-0.39, 0.29) is 18.0 Å². The second-order valence-electron chi connectivity index (χ2n) is 7.06. The van der Waals surface area contributed by atoms with E-state index < -0.39 is 0 Å². The Morgan fingerprint density at radius 1 is 1.37 bits per heavy atom. The highest BCUT2D eigenvalue weighted by atomic mass is 79.9. The van der Waals surface area contributed by atoms with Crippen molar-refractivity contribution in [3.05, 3.63) is 51.8 Å². The molecule has 0 spiro atoms. The van der Waals surface area contributed by atoms with E-state index in [0.29, 0.717) is 17.9 Å². The largest absolute Gasteiger partial charge is 0.493 e. The molecule has 1 aromatic carbocycles. The molecule has 140 valence electrons. The Morgan fingerprint density at radius 3 is 2.96 bits per heavy atom.